The first-order chi connectivity index (χ1) is 15.5. The number of rotatable bonds is 5. The minimum atomic E-state index is -0.619. The number of ether oxygens (including phenoxy) is 2. The molecule has 8 nitrogen and oxygen atoms in total. The number of aromatic nitrogens is 2. The van der Waals surface area contributed by atoms with Crippen LogP contribution in [0.4, 0.5) is 5.69 Å². The highest BCUT2D eigenvalue weighted by molar-refractivity contribution is 7.23. The summed E-state index contributed by atoms with van der Waals surface area (Å²) in [5, 5.41) is 0. The maximum Gasteiger partial charge on any atom is 0.307 e. The summed E-state index contributed by atoms with van der Waals surface area (Å²) in [6.45, 7) is 1.74. The Labute approximate surface area is 186 Å². The first kappa shape index (κ1) is 20.2. The fraction of sp³-hybridized carbons (Fsp3) is 0.217. The van der Waals surface area contributed by atoms with Gasteiger partial charge in [0, 0.05) is 12.6 Å². The first-order valence-corrected chi connectivity index (χ1v) is 11.0. The van der Waals surface area contributed by atoms with Crippen molar-refractivity contribution in [2.45, 2.75) is 26.1 Å². The molecule has 2 aromatic carbocycles. The lowest BCUT2D eigenvalue weighted by Crippen LogP contribution is -2.45. The molecule has 2 aromatic heterocycles. The van der Waals surface area contributed by atoms with Crippen LogP contribution in [0.2, 0.25) is 0 Å². The maximum absolute atomic E-state index is 12.6. The molecule has 0 fully saturated rings. The van der Waals surface area contributed by atoms with E-state index in [1.54, 1.807) is 28.4 Å². The Bertz CT molecular complexity index is 1410. The predicted octanol–water partition coefficient (Wildman–Crippen LogP) is 3.16. The van der Waals surface area contributed by atoms with Gasteiger partial charge in [0.15, 0.2) is 11.1 Å². The molecule has 0 saturated carbocycles. The first-order valence-electron chi connectivity index (χ1n) is 10.1. The average molecular weight is 449 g/mol. The highest BCUT2D eigenvalue weighted by Gasteiger charge is 2.31. The van der Waals surface area contributed by atoms with Gasteiger partial charge in [-0.2, -0.15) is 0 Å². The summed E-state index contributed by atoms with van der Waals surface area (Å²) in [7, 11) is 0. The van der Waals surface area contributed by atoms with E-state index in [2.05, 4.69) is 4.98 Å². The molecule has 5 rings (SSSR count). The van der Waals surface area contributed by atoms with Gasteiger partial charge in [-0.15, -0.1) is 0 Å². The lowest BCUT2D eigenvalue weighted by molar-refractivity contribution is -0.144. The van der Waals surface area contributed by atoms with Gasteiger partial charge < -0.3 is 14.4 Å². The van der Waals surface area contributed by atoms with E-state index in [1.807, 2.05) is 36.4 Å². The highest BCUT2D eigenvalue weighted by atomic mass is 32.1. The number of nitrogens with zero attached hydrogens (tertiary/aromatic N) is 3. The number of anilines is 1. The van der Waals surface area contributed by atoms with Gasteiger partial charge in [0.25, 0.3) is 11.5 Å². The minimum absolute atomic E-state index is 0.0108. The second kappa shape index (κ2) is 8.08. The van der Waals surface area contributed by atoms with E-state index >= 15 is 0 Å². The standard InChI is InChI=1S/C23H19N3O5S/c1-14-22(29)25(16-6-2-4-8-18(16)31-14)11-10-21(28)30-13-15-12-20(27)26-17-7-3-5-9-19(17)32-23(26)24-15/h2-9,12,14H,10-11,13H2,1H3. The fourth-order valence-electron chi connectivity index (χ4n) is 3.72. The number of carbonyl (C=O) groups excluding carboxylic acids is 2. The van der Waals surface area contributed by atoms with Crippen molar-refractivity contribution in [3.63, 3.8) is 0 Å². The lowest BCUT2D eigenvalue weighted by Gasteiger charge is -2.32. The molecule has 162 valence electrons. The van der Waals surface area contributed by atoms with Gasteiger partial charge in [0.05, 0.1) is 28.0 Å². The van der Waals surface area contributed by atoms with Crippen molar-refractivity contribution in [3.05, 3.63) is 70.6 Å². The number of amides is 1. The van der Waals surface area contributed by atoms with Crippen LogP contribution in [0.25, 0.3) is 15.2 Å². The van der Waals surface area contributed by atoms with Gasteiger partial charge in [-0.25, -0.2) is 4.98 Å². The van der Waals surface area contributed by atoms with E-state index in [0.717, 1.165) is 10.2 Å². The zero-order valence-corrected chi connectivity index (χ0v) is 18.0. The van der Waals surface area contributed by atoms with E-state index in [0.29, 0.717) is 22.1 Å². The molecule has 0 spiro atoms. The Morgan fingerprint density at radius 1 is 1.16 bits per heavy atom. The fourth-order valence-corrected chi connectivity index (χ4v) is 4.77. The Morgan fingerprint density at radius 3 is 2.81 bits per heavy atom. The van der Waals surface area contributed by atoms with Gasteiger partial charge in [-0.3, -0.25) is 18.8 Å². The van der Waals surface area contributed by atoms with E-state index in [-0.39, 0.29) is 31.0 Å². The van der Waals surface area contributed by atoms with Crippen molar-refractivity contribution in [3.8, 4) is 5.75 Å². The van der Waals surface area contributed by atoms with Crippen molar-refractivity contribution in [2.75, 3.05) is 11.4 Å². The number of hydrogen-bond acceptors (Lipinski definition) is 7. The molecular weight excluding hydrogens is 430 g/mol. The SMILES string of the molecule is CC1Oc2ccccc2N(CCC(=O)OCc2cc(=O)n3c(n2)sc2ccccc23)C1=O. The van der Waals surface area contributed by atoms with E-state index in [4.69, 9.17) is 9.47 Å². The largest absolute Gasteiger partial charge is 0.479 e. The summed E-state index contributed by atoms with van der Waals surface area (Å²) in [6.07, 6.45) is -0.609. The van der Waals surface area contributed by atoms with Crippen LogP contribution in [0.15, 0.2) is 59.4 Å². The molecular formula is C23H19N3O5S. The van der Waals surface area contributed by atoms with Crippen LogP contribution in [0.3, 0.4) is 0 Å². The number of esters is 1. The third-order valence-electron chi connectivity index (χ3n) is 5.24. The number of carbonyl (C=O) groups is 2. The molecule has 1 aliphatic rings. The summed E-state index contributed by atoms with van der Waals surface area (Å²) >= 11 is 1.40. The van der Waals surface area contributed by atoms with Crippen LogP contribution in [0, 0.1) is 0 Å². The third kappa shape index (κ3) is 3.60. The molecule has 0 aliphatic carbocycles. The highest BCUT2D eigenvalue weighted by Crippen LogP contribution is 2.33. The molecule has 0 radical (unpaired) electrons. The lowest BCUT2D eigenvalue weighted by atomic mass is 10.2. The number of fused-ring (bicyclic) bond motifs is 4. The monoisotopic (exact) mass is 449 g/mol. The van der Waals surface area contributed by atoms with Gasteiger partial charge in [-0.05, 0) is 31.2 Å². The van der Waals surface area contributed by atoms with E-state index in [1.165, 1.54) is 17.4 Å². The molecule has 0 saturated heterocycles. The number of para-hydroxylation sites is 3. The molecule has 0 bridgehead atoms. The molecule has 3 heterocycles. The second-order valence-corrected chi connectivity index (χ2v) is 8.41. The van der Waals surface area contributed by atoms with Crippen LogP contribution in [0.5, 0.6) is 5.75 Å². The van der Waals surface area contributed by atoms with Gasteiger partial charge in [0.1, 0.15) is 12.4 Å². The topological polar surface area (TPSA) is 90.2 Å². The Morgan fingerprint density at radius 2 is 1.94 bits per heavy atom. The summed E-state index contributed by atoms with van der Waals surface area (Å²) in [4.78, 5) is 44.0. The smallest absolute Gasteiger partial charge is 0.307 e. The summed E-state index contributed by atoms with van der Waals surface area (Å²) < 4.78 is 13.4. The maximum atomic E-state index is 12.6. The van der Waals surface area contributed by atoms with Gasteiger partial charge in [-0.1, -0.05) is 35.6 Å². The summed E-state index contributed by atoms with van der Waals surface area (Å²) in [6, 6.07) is 16.2. The number of hydrogen-bond donors (Lipinski definition) is 0. The van der Waals surface area contributed by atoms with Crippen LogP contribution >= 0.6 is 11.3 Å². The predicted molar refractivity (Wildman–Crippen MR) is 120 cm³/mol. The second-order valence-electron chi connectivity index (χ2n) is 7.40. The normalized spacial score (nSPS) is 15.6. The van der Waals surface area contributed by atoms with E-state index < -0.39 is 12.1 Å². The summed E-state index contributed by atoms with van der Waals surface area (Å²) in [5.74, 6) is -0.0801. The zero-order valence-electron chi connectivity index (χ0n) is 17.2. The third-order valence-corrected chi connectivity index (χ3v) is 6.26. The molecule has 32 heavy (non-hydrogen) atoms. The summed E-state index contributed by atoms with van der Waals surface area (Å²) in [5.41, 5.74) is 1.60. The average Bonchev–Trinajstić information content (AvgIpc) is 3.17. The van der Waals surface area contributed by atoms with Crippen molar-refractivity contribution in [1.82, 2.24) is 9.38 Å². The van der Waals surface area contributed by atoms with Crippen LogP contribution in [0.1, 0.15) is 19.0 Å². The van der Waals surface area contributed by atoms with Crippen molar-refractivity contribution in [2.24, 2.45) is 0 Å². The quantitative estimate of drug-likeness (QED) is 0.435. The number of benzene rings is 2. The van der Waals surface area contributed by atoms with Gasteiger partial charge in [0.2, 0.25) is 0 Å². The molecule has 1 amide bonds. The van der Waals surface area contributed by atoms with Crippen LogP contribution in [-0.4, -0.2) is 33.9 Å². The Balaban J connectivity index is 1.27. The Kier molecular flexibility index (Phi) is 5.10. The van der Waals surface area contributed by atoms with Crippen molar-refractivity contribution >= 4 is 44.1 Å². The zero-order chi connectivity index (χ0) is 22.2. The molecule has 0 N–H and O–H groups in total. The molecule has 9 heteroatoms. The molecule has 1 unspecified atom stereocenters. The molecule has 1 aliphatic heterocycles. The number of thiazole rings is 1. The van der Waals surface area contributed by atoms with Crippen molar-refractivity contribution < 1.29 is 19.1 Å². The van der Waals surface area contributed by atoms with Crippen LogP contribution < -0.4 is 15.2 Å². The van der Waals surface area contributed by atoms with Crippen LogP contribution in [-0.2, 0) is 20.9 Å². The van der Waals surface area contributed by atoms with Crippen molar-refractivity contribution in [1.29, 1.82) is 0 Å². The molecule has 4 aromatic rings. The van der Waals surface area contributed by atoms with Gasteiger partial charge >= 0.3 is 5.97 Å². The Hall–Kier alpha value is -3.72. The molecule has 1 atom stereocenters. The minimum Gasteiger partial charge on any atom is -0.479 e. The van der Waals surface area contributed by atoms with E-state index in [9.17, 15) is 14.4 Å².